The Balaban J connectivity index is 1.38. The van der Waals surface area contributed by atoms with Crippen molar-refractivity contribution in [3.63, 3.8) is 0 Å². The highest BCUT2D eigenvalue weighted by Gasteiger charge is 2.60. The molecule has 0 heterocycles. The monoisotopic (exact) mass is 517 g/mol. The Morgan fingerprint density at radius 3 is 2.43 bits per heavy atom. The molecule has 0 aliphatic heterocycles. The van der Waals surface area contributed by atoms with E-state index in [1.54, 1.807) is 0 Å². The predicted molar refractivity (Wildman–Crippen MR) is 148 cm³/mol. The number of hydrogen-bond donors (Lipinski definition) is 2. The first-order valence-electron chi connectivity index (χ1n) is 15.5. The van der Waals surface area contributed by atoms with Gasteiger partial charge in [0.15, 0.2) is 0 Å². The third-order valence-electron chi connectivity index (χ3n) is 12.3. The third-order valence-corrected chi connectivity index (χ3v) is 12.3. The third kappa shape index (κ3) is 5.50. The summed E-state index contributed by atoms with van der Waals surface area (Å²) in [6.07, 6.45) is 13.7. The van der Waals surface area contributed by atoms with Gasteiger partial charge in [-0.05, 0) is 131 Å². The van der Waals surface area contributed by atoms with Crippen molar-refractivity contribution in [1.29, 1.82) is 0 Å². The summed E-state index contributed by atoms with van der Waals surface area (Å²) in [6, 6.07) is 0. The van der Waals surface area contributed by atoms with E-state index in [0.29, 0.717) is 41.5 Å². The molecule has 4 aliphatic carbocycles. The van der Waals surface area contributed by atoms with Gasteiger partial charge in [-0.1, -0.05) is 27.7 Å². The van der Waals surface area contributed by atoms with Gasteiger partial charge in [-0.15, -0.1) is 0 Å². The number of amides is 1. The maximum Gasteiger partial charge on any atom is 0.311 e. The molecule has 4 rings (SSSR count). The number of fused-ring (bicyclic) bond motifs is 5. The van der Waals surface area contributed by atoms with Gasteiger partial charge in [-0.3, -0.25) is 9.59 Å². The van der Waals surface area contributed by atoms with Gasteiger partial charge >= 0.3 is 5.97 Å². The molecule has 0 radical (unpaired) electrons. The molecular weight excluding hydrogens is 462 g/mol. The number of esters is 1. The molecule has 0 aromatic rings. The molecule has 0 aromatic carbocycles. The molecule has 1 amide bonds. The second-order valence-electron chi connectivity index (χ2n) is 14.5. The standard InChI is InChI=1S/C32H55NO4/c1-7-30(3,4)29(36)37-23-14-16-31(5)22(20-23)9-10-24-26-12-11-25(32(26,6)17-15-27(24)31)21(2)8-13-28(35)33-18-19-34/h21-27,34H,7-20H2,1-6H3,(H,33,35). The van der Waals surface area contributed by atoms with Crippen LogP contribution in [0.15, 0.2) is 0 Å². The number of rotatable bonds is 9. The zero-order chi connectivity index (χ0) is 27.0. The van der Waals surface area contributed by atoms with Crippen molar-refractivity contribution < 1.29 is 19.4 Å². The number of aliphatic hydroxyl groups is 1. The zero-order valence-corrected chi connectivity index (χ0v) is 24.6. The van der Waals surface area contributed by atoms with E-state index in [1.807, 2.05) is 13.8 Å². The van der Waals surface area contributed by atoms with Gasteiger partial charge in [0.1, 0.15) is 6.10 Å². The molecule has 212 valence electrons. The minimum Gasteiger partial charge on any atom is -0.462 e. The summed E-state index contributed by atoms with van der Waals surface area (Å²) in [4.78, 5) is 24.9. The summed E-state index contributed by atoms with van der Waals surface area (Å²) in [6.45, 7) is 14.0. The van der Waals surface area contributed by atoms with Crippen LogP contribution in [-0.4, -0.2) is 36.2 Å². The average Bonchev–Trinajstić information content (AvgIpc) is 3.23. The lowest BCUT2D eigenvalue weighted by molar-refractivity contribution is -0.171. The molecule has 4 fully saturated rings. The molecule has 9 atom stereocenters. The van der Waals surface area contributed by atoms with Crippen molar-refractivity contribution in [2.45, 2.75) is 125 Å². The van der Waals surface area contributed by atoms with Crippen LogP contribution in [0.4, 0.5) is 0 Å². The number of hydrogen-bond acceptors (Lipinski definition) is 4. The average molecular weight is 518 g/mol. The molecule has 0 aromatic heterocycles. The fourth-order valence-corrected chi connectivity index (χ4v) is 9.60. The van der Waals surface area contributed by atoms with Crippen molar-refractivity contribution in [2.75, 3.05) is 13.2 Å². The molecule has 4 aliphatic rings. The van der Waals surface area contributed by atoms with E-state index in [9.17, 15) is 9.59 Å². The van der Waals surface area contributed by atoms with E-state index < -0.39 is 0 Å². The molecular formula is C32H55NO4. The Bertz CT molecular complexity index is 826. The highest BCUT2D eigenvalue weighted by molar-refractivity contribution is 5.76. The van der Waals surface area contributed by atoms with Crippen LogP contribution in [0.1, 0.15) is 119 Å². The van der Waals surface area contributed by atoms with Crippen LogP contribution in [0.3, 0.4) is 0 Å². The van der Waals surface area contributed by atoms with Crippen LogP contribution < -0.4 is 5.32 Å². The number of ether oxygens (including phenoxy) is 1. The first-order valence-corrected chi connectivity index (χ1v) is 15.5. The van der Waals surface area contributed by atoms with Crippen LogP contribution >= 0.6 is 0 Å². The second-order valence-corrected chi connectivity index (χ2v) is 14.5. The van der Waals surface area contributed by atoms with Crippen LogP contribution in [0.25, 0.3) is 0 Å². The van der Waals surface area contributed by atoms with Crippen molar-refractivity contribution in [1.82, 2.24) is 5.32 Å². The highest BCUT2D eigenvalue weighted by atomic mass is 16.5. The van der Waals surface area contributed by atoms with Crippen molar-refractivity contribution in [2.24, 2.45) is 51.8 Å². The Labute approximate surface area is 226 Å². The molecule has 9 unspecified atom stereocenters. The first kappa shape index (κ1) is 28.9. The number of aliphatic hydroxyl groups excluding tert-OH is 1. The van der Waals surface area contributed by atoms with Gasteiger partial charge in [0.2, 0.25) is 5.91 Å². The summed E-state index contributed by atoms with van der Waals surface area (Å²) in [5.74, 6) is 4.50. The van der Waals surface area contributed by atoms with Crippen LogP contribution in [0, 0.1) is 51.8 Å². The van der Waals surface area contributed by atoms with E-state index in [1.165, 1.54) is 44.9 Å². The maximum atomic E-state index is 12.8. The minimum absolute atomic E-state index is 0.00877. The molecule has 4 saturated carbocycles. The molecule has 5 nitrogen and oxygen atoms in total. The van der Waals surface area contributed by atoms with E-state index in [-0.39, 0.29) is 30.0 Å². The van der Waals surface area contributed by atoms with Crippen LogP contribution in [0.2, 0.25) is 0 Å². The Morgan fingerprint density at radius 1 is 1.03 bits per heavy atom. The van der Waals surface area contributed by atoms with E-state index in [2.05, 4.69) is 33.0 Å². The lowest BCUT2D eigenvalue weighted by Crippen LogP contribution is -2.54. The quantitative estimate of drug-likeness (QED) is 0.342. The predicted octanol–water partition coefficient (Wildman–Crippen LogP) is 6.52. The molecule has 0 saturated heterocycles. The summed E-state index contributed by atoms with van der Waals surface area (Å²) >= 11 is 0. The Morgan fingerprint density at radius 2 is 1.73 bits per heavy atom. The van der Waals surface area contributed by atoms with Crippen LogP contribution in [-0.2, 0) is 14.3 Å². The summed E-state index contributed by atoms with van der Waals surface area (Å²) in [5.41, 5.74) is 0.414. The largest absolute Gasteiger partial charge is 0.462 e. The summed E-state index contributed by atoms with van der Waals surface area (Å²) < 4.78 is 6.08. The van der Waals surface area contributed by atoms with Gasteiger partial charge < -0.3 is 15.2 Å². The lowest BCUT2D eigenvalue weighted by Gasteiger charge is -2.61. The van der Waals surface area contributed by atoms with Crippen molar-refractivity contribution in [3.8, 4) is 0 Å². The molecule has 2 N–H and O–H groups in total. The molecule has 0 bridgehead atoms. The molecule has 37 heavy (non-hydrogen) atoms. The van der Waals surface area contributed by atoms with Gasteiger partial charge in [0, 0.05) is 13.0 Å². The second kappa shape index (κ2) is 11.2. The normalized spacial score (nSPS) is 40.2. The fraction of sp³-hybridized carbons (Fsp3) is 0.938. The number of carbonyl (C=O) groups is 2. The van der Waals surface area contributed by atoms with Gasteiger partial charge in [-0.2, -0.15) is 0 Å². The molecule has 0 spiro atoms. The van der Waals surface area contributed by atoms with Crippen molar-refractivity contribution >= 4 is 11.9 Å². The topological polar surface area (TPSA) is 75.6 Å². The number of carbonyl (C=O) groups excluding carboxylic acids is 2. The van der Waals surface area contributed by atoms with Gasteiger partial charge in [-0.25, -0.2) is 0 Å². The minimum atomic E-state index is -0.383. The lowest BCUT2D eigenvalue weighted by atomic mass is 9.44. The van der Waals surface area contributed by atoms with Gasteiger partial charge in [0.25, 0.3) is 0 Å². The molecule has 5 heteroatoms. The van der Waals surface area contributed by atoms with E-state index >= 15 is 0 Å². The van der Waals surface area contributed by atoms with Crippen molar-refractivity contribution in [3.05, 3.63) is 0 Å². The van der Waals surface area contributed by atoms with Crippen LogP contribution in [0.5, 0.6) is 0 Å². The fourth-order valence-electron chi connectivity index (χ4n) is 9.60. The maximum absolute atomic E-state index is 12.8. The summed E-state index contributed by atoms with van der Waals surface area (Å²) in [7, 11) is 0. The number of nitrogens with one attached hydrogen (secondary N) is 1. The van der Waals surface area contributed by atoms with Gasteiger partial charge in [0.05, 0.1) is 12.0 Å². The Hall–Kier alpha value is -1.10. The Kier molecular flexibility index (Phi) is 8.73. The van der Waals surface area contributed by atoms with E-state index in [4.69, 9.17) is 9.84 Å². The highest BCUT2D eigenvalue weighted by Crippen LogP contribution is 2.68. The smallest absolute Gasteiger partial charge is 0.311 e. The SMILES string of the molecule is CCC(C)(C)C(=O)OC1CCC2(C)C(CCC3C2CCC2(C)C(C(C)CCC(=O)NCCO)CCC32)C1. The zero-order valence-electron chi connectivity index (χ0n) is 24.6. The summed E-state index contributed by atoms with van der Waals surface area (Å²) in [5, 5.41) is 11.8. The van der Waals surface area contributed by atoms with E-state index in [0.717, 1.165) is 43.4 Å². The first-order chi connectivity index (χ1) is 17.5.